The second kappa shape index (κ2) is 9.46. The van der Waals surface area contributed by atoms with Gasteiger partial charge in [0.2, 0.25) is 0 Å². The van der Waals surface area contributed by atoms with Crippen LogP contribution in [0.25, 0.3) is 0 Å². The van der Waals surface area contributed by atoms with Crippen LogP contribution >= 0.6 is 0 Å². The van der Waals surface area contributed by atoms with Gasteiger partial charge < -0.3 is 19.8 Å². The molecule has 25 heavy (non-hydrogen) atoms. The summed E-state index contributed by atoms with van der Waals surface area (Å²) in [5.74, 6) is 1.42. The van der Waals surface area contributed by atoms with Gasteiger partial charge in [-0.3, -0.25) is 4.98 Å². The van der Waals surface area contributed by atoms with Crippen LogP contribution in [0.1, 0.15) is 34.5 Å². The third-order valence-corrected chi connectivity index (χ3v) is 3.51. The van der Waals surface area contributed by atoms with E-state index in [-0.39, 0.29) is 0 Å². The summed E-state index contributed by atoms with van der Waals surface area (Å²) < 4.78 is 10.3. The topological polar surface area (TPSA) is 88.8 Å². The quantitative estimate of drug-likeness (QED) is 0.454. The summed E-state index contributed by atoms with van der Waals surface area (Å²) in [6.45, 7) is 5.53. The third kappa shape index (κ3) is 5.63. The summed E-state index contributed by atoms with van der Waals surface area (Å²) in [5.41, 5.74) is 1.45. The van der Waals surface area contributed by atoms with E-state index in [1.807, 2.05) is 25.1 Å². The highest BCUT2D eigenvalue weighted by atomic mass is 16.5. The van der Waals surface area contributed by atoms with E-state index in [4.69, 9.17) is 9.15 Å². The predicted octanol–water partition coefficient (Wildman–Crippen LogP) is 2.07. The number of aliphatic imine (C=N–C) groups is 1. The van der Waals surface area contributed by atoms with Gasteiger partial charge in [-0.05, 0) is 32.0 Å². The summed E-state index contributed by atoms with van der Waals surface area (Å²) >= 11 is 0. The van der Waals surface area contributed by atoms with E-state index < -0.39 is 5.97 Å². The molecule has 0 aliphatic heterocycles. The molecular formula is C18H24N4O3. The SMILES string of the molecule is CCNC(=NCc1cc(C(=O)OC)c(C)o1)NCCc1ccccn1. The van der Waals surface area contributed by atoms with E-state index in [2.05, 4.69) is 20.6 Å². The smallest absolute Gasteiger partial charge is 0.341 e. The van der Waals surface area contributed by atoms with Crippen LogP contribution < -0.4 is 10.6 Å². The number of ether oxygens (including phenoxy) is 1. The lowest BCUT2D eigenvalue weighted by atomic mass is 10.2. The number of pyridine rings is 1. The molecule has 2 aromatic heterocycles. The fraction of sp³-hybridized carbons (Fsp3) is 0.389. The van der Waals surface area contributed by atoms with Crippen molar-refractivity contribution in [3.05, 3.63) is 53.2 Å². The Morgan fingerprint density at radius 3 is 2.88 bits per heavy atom. The molecule has 0 bridgehead atoms. The van der Waals surface area contributed by atoms with E-state index in [9.17, 15) is 4.79 Å². The van der Waals surface area contributed by atoms with Crippen molar-refractivity contribution in [1.82, 2.24) is 15.6 Å². The van der Waals surface area contributed by atoms with Gasteiger partial charge in [-0.1, -0.05) is 6.07 Å². The molecule has 0 aliphatic carbocycles. The molecular weight excluding hydrogens is 320 g/mol. The Morgan fingerprint density at radius 1 is 1.36 bits per heavy atom. The Kier molecular flexibility index (Phi) is 7.00. The molecule has 0 amide bonds. The Morgan fingerprint density at radius 2 is 2.20 bits per heavy atom. The summed E-state index contributed by atoms with van der Waals surface area (Å²) in [6, 6.07) is 7.53. The number of carbonyl (C=O) groups excluding carboxylic acids is 1. The number of carbonyl (C=O) groups is 1. The van der Waals surface area contributed by atoms with E-state index in [1.54, 1.807) is 19.2 Å². The van der Waals surface area contributed by atoms with Gasteiger partial charge in [-0.2, -0.15) is 0 Å². The molecule has 7 nitrogen and oxygen atoms in total. The van der Waals surface area contributed by atoms with Crippen LogP contribution in [0.15, 0.2) is 39.9 Å². The number of nitrogens with one attached hydrogen (secondary N) is 2. The Balaban J connectivity index is 1.93. The van der Waals surface area contributed by atoms with E-state index in [0.717, 1.165) is 18.7 Å². The van der Waals surface area contributed by atoms with Crippen molar-refractivity contribution >= 4 is 11.9 Å². The molecule has 0 fully saturated rings. The molecule has 0 aromatic carbocycles. The van der Waals surface area contributed by atoms with E-state index >= 15 is 0 Å². The molecule has 2 rings (SSSR count). The van der Waals surface area contributed by atoms with Crippen LogP contribution in [0, 0.1) is 6.92 Å². The number of guanidine groups is 1. The first-order chi connectivity index (χ1) is 12.1. The van der Waals surface area contributed by atoms with Crippen LogP contribution in [-0.4, -0.2) is 37.1 Å². The van der Waals surface area contributed by atoms with Crippen molar-refractivity contribution in [2.75, 3.05) is 20.2 Å². The minimum Gasteiger partial charge on any atom is -0.465 e. The lowest BCUT2D eigenvalue weighted by Crippen LogP contribution is -2.38. The molecule has 2 heterocycles. The maximum absolute atomic E-state index is 11.6. The average molecular weight is 344 g/mol. The summed E-state index contributed by atoms with van der Waals surface area (Å²) in [5, 5.41) is 6.44. The molecule has 2 N–H and O–H groups in total. The molecule has 0 saturated heterocycles. The molecule has 0 aliphatic rings. The standard InChI is InChI=1S/C18H24N4O3/c1-4-19-18(21-10-8-14-7-5-6-9-20-14)22-12-15-11-16(13(2)25-15)17(23)24-3/h5-7,9,11H,4,8,10,12H2,1-3H3,(H2,19,21,22). The van der Waals surface area contributed by atoms with Crippen molar-refractivity contribution < 1.29 is 13.9 Å². The van der Waals surface area contributed by atoms with Crippen molar-refractivity contribution in [3.8, 4) is 0 Å². The first kappa shape index (κ1) is 18.5. The van der Waals surface area contributed by atoms with Crippen molar-refractivity contribution in [2.24, 2.45) is 4.99 Å². The zero-order chi connectivity index (χ0) is 18.1. The van der Waals surface area contributed by atoms with Crippen LogP contribution in [0.3, 0.4) is 0 Å². The highest BCUT2D eigenvalue weighted by Crippen LogP contribution is 2.16. The monoisotopic (exact) mass is 344 g/mol. The summed E-state index contributed by atoms with van der Waals surface area (Å²) in [4.78, 5) is 20.4. The molecule has 134 valence electrons. The average Bonchev–Trinajstić information content (AvgIpc) is 3.00. The first-order valence-electron chi connectivity index (χ1n) is 8.23. The highest BCUT2D eigenvalue weighted by molar-refractivity contribution is 5.90. The molecule has 0 unspecified atom stereocenters. The normalized spacial score (nSPS) is 11.2. The van der Waals surface area contributed by atoms with Gasteiger partial charge in [0.15, 0.2) is 5.96 Å². The Labute approximate surface area is 147 Å². The Bertz CT molecular complexity index is 710. The van der Waals surface area contributed by atoms with Gasteiger partial charge in [0.05, 0.1) is 7.11 Å². The Hall–Kier alpha value is -2.83. The molecule has 0 spiro atoms. The second-order valence-electron chi connectivity index (χ2n) is 5.37. The molecule has 2 aromatic rings. The van der Waals surface area contributed by atoms with Crippen molar-refractivity contribution in [1.29, 1.82) is 0 Å². The minimum atomic E-state index is -0.406. The number of aryl methyl sites for hydroxylation is 1. The van der Waals surface area contributed by atoms with Crippen LogP contribution in [-0.2, 0) is 17.7 Å². The van der Waals surface area contributed by atoms with Crippen molar-refractivity contribution in [2.45, 2.75) is 26.8 Å². The number of furan rings is 1. The number of methoxy groups -OCH3 is 1. The number of aromatic nitrogens is 1. The van der Waals surface area contributed by atoms with Crippen LogP contribution in [0.4, 0.5) is 0 Å². The van der Waals surface area contributed by atoms with Crippen LogP contribution in [0.2, 0.25) is 0 Å². The molecule has 0 radical (unpaired) electrons. The second-order valence-corrected chi connectivity index (χ2v) is 5.37. The fourth-order valence-electron chi connectivity index (χ4n) is 2.29. The summed E-state index contributed by atoms with van der Waals surface area (Å²) in [7, 11) is 1.35. The van der Waals surface area contributed by atoms with Crippen molar-refractivity contribution in [3.63, 3.8) is 0 Å². The largest absolute Gasteiger partial charge is 0.465 e. The highest BCUT2D eigenvalue weighted by Gasteiger charge is 2.15. The van der Waals surface area contributed by atoms with E-state index in [0.29, 0.717) is 36.1 Å². The van der Waals surface area contributed by atoms with Gasteiger partial charge in [-0.25, -0.2) is 9.79 Å². The number of hydrogen-bond donors (Lipinski definition) is 2. The molecule has 7 heteroatoms. The van der Waals surface area contributed by atoms with Gasteiger partial charge in [0.25, 0.3) is 0 Å². The van der Waals surface area contributed by atoms with E-state index in [1.165, 1.54) is 7.11 Å². The maximum Gasteiger partial charge on any atom is 0.341 e. The summed E-state index contributed by atoms with van der Waals surface area (Å²) in [6.07, 6.45) is 2.59. The number of nitrogens with zero attached hydrogens (tertiary/aromatic N) is 2. The van der Waals surface area contributed by atoms with Gasteiger partial charge >= 0.3 is 5.97 Å². The fourth-order valence-corrected chi connectivity index (χ4v) is 2.29. The lowest BCUT2D eigenvalue weighted by Gasteiger charge is -2.10. The van der Waals surface area contributed by atoms with Gasteiger partial charge in [0, 0.05) is 31.4 Å². The first-order valence-corrected chi connectivity index (χ1v) is 8.23. The maximum atomic E-state index is 11.6. The van der Waals surface area contributed by atoms with Crippen LogP contribution in [0.5, 0.6) is 0 Å². The van der Waals surface area contributed by atoms with Gasteiger partial charge in [-0.15, -0.1) is 0 Å². The van der Waals surface area contributed by atoms with Gasteiger partial charge in [0.1, 0.15) is 23.6 Å². The number of rotatable bonds is 7. The lowest BCUT2D eigenvalue weighted by molar-refractivity contribution is 0.0599. The number of esters is 1. The molecule has 0 saturated carbocycles. The molecule has 0 atom stereocenters. The minimum absolute atomic E-state index is 0.330. The number of hydrogen-bond acceptors (Lipinski definition) is 5. The zero-order valence-electron chi connectivity index (χ0n) is 14.8. The third-order valence-electron chi connectivity index (χ3n) is 3.51. The predicted molar refractivity (Wildman–Crippen MR) is 95.5 cm³/mol. The zero-order valence-corrected chi connectivity index (χ0v) is 14.8.